The van der Waals surface area contributed by atoms with E-state index in [1.54, 1.807) is 0 Å². The van der Waals surface area contributed by atoms with Crippen molar-refractivity contribution < 1.29 is 0 Å². The smallest absolute Gasteiger partial charge is 0.0667 e. The Morgan fingerprint density at radius 1 is 1.00 bits per heavy atom. The third-order valence-electron chi connectivity index (χ3n) is 4.66. The van der Waals surface area contributed by atoms with Crippen molar-refractivity contribution in [3.05, 3.63) is 65.7 Å². The van der Waals surface area contributed by atoms with Crippen LogP contribution in [0.1, 0.15) is 30.0 Å². The lowest BCUT2D eigenvalue weighted by Crippen LogP contribution is -2.35. The summed E-state index contributed by atoms with van der Waals surface area (Å²) in [5.74, 6) is 0. The van der Waals surface area contributed by atoms with E-state index < -0.39 is 0 Å². The molecule has 1 heterocycles. The Morgan fingerprint density at radius 3 is 2.57 bits per heavy atom. The molecule has 108 valence electrons. The Balaban J connectivity index is 1.63. The molecule has 4 rings (SSSR count). The van der Waals surface area contributed by atoms with Crippen LogP contribution in [0.2, 0.25) is 0 Å². The molecule has 1 N–H and O–H groups in total. The second-order valence-electron chi connectivity index (χ2n) is 6.18. The van der Waals surface area contributed by atoms with E-state index in [4.69, 9.17) is 0 Å². The molecular formula is C19H22N2. The maximum atomic E-state index is 3.72. The minimum absolute atomic E-state index is 0.440. The molecule has 1 atom stereocenters. The molecule has 1 aliphatic carbocycles. The largest absolute Gasteiger partial charge is 0.363 e. The van der Waals surface area contributed by atoms with Crippen molar-refractivity contribution in [2.24, 2.45) is 0 Å². The van der Waals surface area contributed by atoms with Crippen LogP contribution in [0.5, 0.6) is 0 Å². The highest BCUT2D eigenvalue weighted by molar-refractivity contribution is 5.59. The second-order valence-corrected chi connectivity index (χ2v) is 6.18. The van der Waals surface area contributed by atoms with Gasteiger partial charge in [-0.25, -0.2) is 0 Å². The molecule has 2 aromatic carbocycles. The molecule has 0 aromatic heterocycles. The Bertz CT molecular complexity index is 604. The van der Waals surface area contributed by atoms with Gasteiger partial charge in [-0.3, -0.25) is 0 Å². The molecule has 1 aliphatic heterocycles. The Kier molecular flexibility index (Phi) is 3.40. The molecule has 0 amide bonds. The highest BCUT2D eigenvalue weighted by atomic mass is 15.2. The van der Waals surface area contributed by atoms with Crippen molar-refractivity contribution in [3.8, 4) is 0 Å². The van der Waals surface area contributed by atoms with Crippen molar-refractivity contribution in [1.29, 1.82) is 0 Å². The van der Waals surface area contributed by atoms with Gasteiger partial charge in [-0.1, -0.05) is 48.5 Å². The van der Waals surface area contributed by atoms with Crippen LogP contribution >= 0.6 is 0 Å². The second kappa shape index (κ2) is 5.53. The van der Waals surface area contributed by atoms with Gasteiger partial charge in [0.05, 0.1) is 6.04 Å². The molecule has 2 heteroatoms. The zero-order chi connectivity index (χ0) is 14.1. The third-order valence-corrected chi connectivity index (χ3v) is 4.66. The van der Waals surface area contributed by atoms with E-state index in [1.165, 1.54) is 36.1 Å². The summed E-state index contributed by atoms with van der Waals surface area (Å²) >= 11 is 0. The highest BCUT2D eigenvalue weighted by Crippen LogP contribution is 2.35. The quantitative estimate of drug-likeness (QED) is 0.900. The number of hydrogen-bond donors (Lipinski definition) is 1. The minimum atomic E-state index is 0.440. The number of nitrogens with zero attached hydrogens (tertiary/aromatic N) is 1. The summed E-state index contributed by atoms with van der Waals surface area (Å²) in [5.41, 5.74) is 4.33. The lowest BCUT2D eigenvalue weighted by Gasteiger charge is -2.31. The summed E-state index contributed by atoms with van der Waals surface area (Å²) in [7, 11) is 0. The molecular weight excluding hydrogens is 256 g/mol. The van der Waals surface area contributed by atoms with Gasteiger partial charge in [0, 0.05) is 24.8 Å². The van der Waals surface area contributed by atoms with Crippen LogP contribution in [-0.2, 0) is 6.42 Å². The van der Waals surface area contributed by atoms with E-state index >= 15 is 0 Å². The summed E-state index contributed by atoms with van der Waals surface area (Å²) in [6.45, 7) is 2.17. The summed E-state index contributed by atoms with van der Waals surface area (Å²) in [6, 6.07) is 21.0. The normalized spacial score (nSPS) is 18.6. The molecule has 0 bridgehead atoms. The molecule has 0 radical (unpaired) electrons. The summed E-state index contributed by atoms with van der Waals surface area (Å²) < 4.78 is 0. The van der Waals surface area contributed by atoms with Gasteiger partial charge in [-0.05, 0) is 36.5 Å². The lowest BCUT2D eigenvalue weighted by molar-refractivity contribution is 0.558. The predicted molar refractivity (Wildman–Crippen MR) is 87.7 cm³/mol. The van der Waals surface area contributed by atoms with Crippen LogP contribution in [-0.4, -0.2) is 19.1 Å². The number of rotatable bonds is 5. The van der Waals surface area contributed by atoms with E-state index in [2.05, 4.69) is 64.8 Å². The molecule has 2 aliphatic rings. The summed E-state index contributed by atoms with van der Waals surface area (Å²) in [4.78, 5) is 2.58. The number of hydrogen-bond acceptors (Lipinski definition) is 2. The van der Waals surface area contributed by atoms with E-state index in [0.29, 0.717) is 6.04 Å². The molecule has 1 saturated carbocycles. The van der Waals surface area contributed by atoms with Crippen molar-refractivity contribution in [3.63, 3.8) is 0 Å². The summed E-state index contributed by atoms with van der Waals surface area (Å²) in [6.07, 6.45) is 3.86. The molecule has 21 heavy (non-hydrogen) atoms. The molecule has 1 fully saturated rings. The fourth-order valence-corrected chi connectivity index (χ4v) is 3.34. The Hall–Kier alpha value is -1.80. The van der Waals surface area contributed by atoms with Crippen molar-refractivity contribution in [1.82, 2.24) is 5.32 Å². The van der Waals surface area contributed by atoms with Gasteiger partial charge >= 0.3 is 0 Å². The van der Waals surface area contributed by atoms with Crippen molar-refractivity contribution in [2.75, 3.05) is 18.0 Å². The van der Waals surface area contributed by atoms with Gasteiger partial charge < -0.3 is 10.2 Å². The number of fused-ring (bicyclic) bond motifs is 1. The van der Waals surface area contributed by atoms with Gasteiger partial charge in [-0.15, -0.1) is 0 Å². The van der Waals surface area contributed by atoms with Crippen LogP contribution in [0, 0.1) is 0 Å². The molecule has 2 aromatic rings. The van der Waals surface area contributed by atoms with Crippen LogP contribution in [0.3, 0.4) is 0 Å². The maximum Gasteiger partial charge on any atom is 0.0667 e. The molecule has 0 spiro atoms. The van der Waals surface area contributed by atoms with Gasteiger partial charge in [0.25, 0.3) is 0 Å². The first kappa shape index (κ1) is 12.9. The molecule has 1 unspecified atom stereocenters. The third kappa shape index (κ3) is 2.68. The number of para-hydroxylation sites is 1. The Labute approximate surface area is 126 Å². The first-order chi connectivity index (χ1) is 10.4. The number of nitrogens with one attached hydrogen (secondary N) is 1. The monoisotopic (exact) mass is 278 g/mol. The van der Waals surface area contributed by atoms with Gasteiger partial charge in [0.1, 0.15) is 0 Å². The average molecular weight is 278 g/mol. The zero-order valence-electron chi connectivity index (χ0n) is 12.3. The van der Waals surface area contributed by atoms with Gasteiger partial charge in [-0.2, -0.15) is 0 Å². The fraction of sp³-hybridized carbons (Fsp3) is 0.368. The van der Waals surface area contributed by atoms with E-state index in [0.717, 1.165) is 19.1 Å². The minimum Gasteiger partial charge on any atom is -0.363 e. The maximum absolute atomic E-state index is 3.72. The lowest BCUT2D eigenvalue weighted by atomic mass is 10.0. The average Bonchev–Trinajstić information content (AvgIpc) is 3.28. The molecule has 2 nitrogen and oxygen atoms in total. The highest BCUT2D eigenvalue weighted by Gasteiger charge is 2.29. The first-order valence-electron chi connectivity index (χ1n) is 8.05. The zero-order valence-corrected chi connectivity index (χ0v) is 12.3. The van der Waals surface area contributed by atoms with E-state index in [-0.39, 0.29) is 0 Å². The van der Waals surface area contributed by atoms with Crippen LogP contribution in [0.25, 0.3) is 0 Å². The fourth-order valence-electron chi connectivity index (χ4n) is 3.34. The predicted octanol–water partition coefficient (Wildman–Crippen LogP) is 3.54. The van der Waals surface area contributed by atoms with Crippen LogP contribution < -0.4 is 10.2 Å². The van der Waals surface area contributed by atoms with Crippen molar-refractivity contribution in [2.45, 2.75) is 31.3 Å². The molecule has 0 saturated heterocycles. The van der Waals surface area contributed by atoms with Crippen molar-refractivity contribution >= 4 is 5.69 Å². The van der Waals surface area contributed by atoms with Crippen LogP contribution in [0.15, 0.2) is 54.6 Å². The first-order valence-corrected chi connectivity index (χ1v) is 8.05. The SMILES string of the molecule is c1ccc(C(CNC2CC2)N2CCc3ccccc32)cc1. The summed E-state index contributed by atoms with van der Waals surface area (Å²) in [5, 5.41) is 3.72. The van der Waals surface area contributed by atoms with Crippen LogP contribution in [0.4, 0.5) is 5.69 Å². The standard InChI is InChI=1S/C19H22N2/c1-2-6-15(7-3-1)19(14-20-17-10-11-17)21-13-12-16-8-4-5-9-18(16)21/h1-9,17,19-20H,10-14H2. The van der Waals surface area contributed by atoms with Gasteiger partial charge in [0.15, 0.2) is 0 Å². The van der Waals surface area contributed by atoms with E-state index in [9.17, 15) is 0 Å². The number of benzene rings is 2. The topological polar surface area (TPSA) is 15.3 Å². The Morgan fingerprint density at radius 2 is 1.76 bits per heavy atom. The van der Waals surface area contributed by atoms with Gasteiger partial charge in [0.2, 0.25) is 0 Å². The number of anilines is 1. The van der Waals surface area contributed by atoms with E-state index in [1.807, 2.05) is 0 Å².